The first kappa shape index (κ1) is 15.1. The van der Waals surface area contributed by atoms with Gasteiger partial charge in [0.2, 0.25) is 10.0 Å². The molecule has 104 valence electrons. The van der Waals surface area contributed by atoms with Gasteiger partial charge in [-0.3, -0.25) is 14.9 Å². The van der Waals surface area contributed by atoms with Crippen molar-refractivity contribution >= 4 is 21.8 Å². The summed E-state index contributed by atoms with van der Waals surface area (Å²) in [6.07, 6.45) is 1.04. The topological polar surface area (TPSA) is 139 Å². The van der Waals surface area contributed by atoms with E-state index < -0.39 is 22.0 Å². The molecule has 1 amide bonds. The van der Waals surface area contributed by atoms with E-state index in [4.69, 9.17) is 16.9 Å². The van der Waals surface area contributed by atoms with Gasteiger partial charge in [0, 0.05) is 5.56 Å². The molecular weight excluding hydrogens is 268 g/mol. The van der Waals surface area contributed by atoms with Crippen LogP contribution in [0.1, 0.15) is 11.1 Å². The number of carbonyl (C=O) groups excluding carboxylic acids is 1. The fourth-order valence-corrected chi connectivity index (χ4v) is 1.99. The van der Waals surface area contributed by atoms with Crippen molar-refractivity contribution in [2.24, 2.45) is 11.5 Å². The molecule has 19 heavy (non-hydrogen) atoms. The fraction of sp³-hybridized carbons (Fsp3) is 0.273. The Morgan fingerprint density at radius 1 is 1.47 bits per heavy atom. The van der Waals surface area contributed by atoms with Crippen LogP contribution in [-0.2, 0) is 21.2 Å². The lowest BCUT2D eigenvalue weighted by atomic mass is 10.0. The molecule has 0 unspecified atom stereocenters. The molecule has 0 fully saturated rings. The van der Waals surface area contributed by atoms with E-state index in [-0.39, 0.29) is 12.3 Å². The van der Waals surface area contributed by atoms with Crippen LogP contribution in [0.2, 0.25) is 0 Å². The van der Waals surface area contributed by atoms with Crippen molar-refractivity contribution in [2.75, 3.05) is 6.26 Å². The maximum Gasteiger partial charge on any atom is 0.250 e. The summed E-state index contributed by atoms with van der Waals surface area (Å²) in [5, 5.41) is 7.30. The van der Waals surface area contributed by atoms with Crippen molar-refractivity contribution in [1.82, 2.24) is 4.72 Å². The molecular formula is C11H16N4O3S. The number of sulfonamides is 1. The summed E-state index contributed by atoms with van der Waals surface area (Å²) in [5.41, 5.74) is 12.2. The second kappa shape index (κ2) is 5.81. The van der Waals surface area contributed by atoms with Crippen LogP contribution < -0.4 is 16.2 Å². The third-order valence-corrected chi connectivity index (χ3v) is 2.89. The molecule has 0 aromatic heterocycles. The van der Waals surface area contributed by atoms with Crippen LogP contribution in [0.25, 0.3) is 0 Å². The number of hydrogen-bond donors (Lipinski definition) is 4. The molecule has 1 rings (SSSR count). The van der Waals surface area contributed by atoms with Gasteiger partial charge < -0.3 is 11.5 Å². The normalized spacial score (nSPS) is 12.7. The molecule has 0 saturated heterocycles. The standard InChI is InChI=1S/C11H16N4O3S/c1-19(17,18)15-11(16)9(12)6-7-3-2-4-8(5-7)10(13)14/h2-5,9H,6,12H2,1H3,(H3,13,14)(H,15,16)/t9-/m0/s1. The first-order valence-electron chi connectivity index (χ1n) is 5.39. The lowest BCUT2D eigenvalue weighted by Gasteiger charge is -2.11. The summed E-state index contributed by atoms with van der Waals surface area (Å²) in [6, 6.07) is 5.72. The molecule has 0 radical (unpaired) electrons. The van der Waals surface area contributed by atoms with E-state index in [2.05, 4.69) is 0 Å². The predicted octanol–water partition coefficient (Wildman–Crippen LogP) is -1.08. The largest absolute Gasteiger partial charge is 0.384 e. The van der Waals surface area contributed by atoms with E-state index in [1.165, 1.54) is 0 Å². The van der Waals surface area contributed by atoms with Gasteiger partial charge in [-0.2, -0.15) is 0 Å². The number of nitrogen functional groups attached to an aromatic ring is 1. The lowest BCUT2D eigenvalue weighted by Crippen LogP contribution is -2.44. The van der Waals surface area contributed by atoms with Gasteiger partial charge in [0.1, 0.15) is 5.84 Å². The van der Waals surface area contributed by atoms with Gasteiger partial charge in [-0.05, 0) is 18.1 Å². The number of amides is 1. The first-order valence-corrected chi connectivity index (χ1v) is 7.29. The third-order valence-electron chi connectivity index (χ3n) is 2.32. The van der Waals surface area contributed by atoms with Gasteiger partial charge in [0.05, 0.1) is 12.3 Å². The Kier molecular flexibility index (Phi) is 4.62. The summed E-state index contributed by atoms with van der Waals surface area (Å²) in [7, 11) is -3.62. The van der Waals surface area contributed by atoms with Crippen LogP contribution in [0.15, 0.2) is 24.3 Å². The molecule has 0 spiro atoms. The van der Waals surface area contributed by atoms with Crippen molar-refractivity contribution < 1.29 is 13.2 Å². The molecule has 1 aromatic rings. The molecule has 0 saturated carbocycles. The lowest BCUT2D eigenvalue weighted by molar-refractivity contribution is -0.120. The maximum atomic E-state index is 11.5. The Balaban J connectivity index is 2.77. The van der Waals surface area contributed by atoms with Crippen molar-refractivity contribution in [2.45, 2.75) is 12.5 Å². The second-order valence-electron chi connectivity index (χ2n) is 4.16. The summed E-state index contributed by atoms with van der Waals surface area (Å²) in [6.45, 7) is 0. The first-order chi connectivity index (χ1) is 8.69. The van der Waals surface area contributed by atoms with Crippen LogP contribution in [0.4, 0.5) is 0 Å². The van der Waals surface area contributed by atoms with Crippen LogP contribution in [0.5, 0.6) is 0 Å². The Morgan fingerprint density at radius 2 is 2.11 bits per heavy atom. The van der Waals surface area contributed by atoms with E-state index >= 15 is 0 Å². The van der Waals surface area contributed by atoms with E-state index in [1.54, 1.807) is 24.3 Å². The molecule has 1 aromatic carbocycles. The van der Waals surface area contributed by atoms with Crippen LogP contribution in [0, 0.1) is 5.41 Å². The molecule has 6 N–H and O–H groups in total. The Labute approximate surface area is 111 Å². The molecule has 0 aliphatic heterocycles. The van der Waals surface area contributed by atoms with Crippen LogP contribution in [-0.4, -0.2) is 32.5 Å². The van der Waals surface area contributed by atoms with Gasteiger partial charge in [-0.1, -0.05) is 18.2 Å². The highest BCUT2D eigenvalue weighted by atomic mass is 32.2. The summed E-state index contributed by atoms with van der Waals surface area (Å²) in [4.78, 5) is 11.5. The number of amidine groups is 1. The number of rotatable bonds is 5. The van der Waals surface area contributed by atoms with Crippen molar-refractivity contribution in [1.29, 1.82) is 5.41 Å². The Bertz CT molecular complexity index is 598. The molecule has 0 aliphatic rings. The monoisotopic (exact) mass is 284 g/mol. The minimum atomic E-state index is -3.62. The number of nitrogens with two attached hydrogens (primary N) is 2. The van der Waals surface area contributed by atoms with Gasteiger partial charge in [0.25, 0.3) is 5.91 Å². The van der Waals surface area contributed by atoms with Gasteiger partial charge >= 0.3 is 0 Å². The number of carbonyl (C=O) groups is 1. The quantitative estimate of drug-likeness (QED) is 0.402. The van der Waals surface area contributed by atoms with E-state index in [0.717, 1.165) is 6.26 Å². The minimum absolute atomic E-state index is 0.0870. The summed E-state index contributed by atoms with van der Waals surface area (Å²) >= 11 is 0. The zero-order valence-electron chi connectivity index (χ0n) is 10.4. The smallest absolute Gasteiger partial charge is 0.250 e. The average molecular weight is 284 g/mol. The number of nitrogens with one attached hydrogen (secondary N) is 2. The average Bonchev–Trinajstić information content (AvgIpc) is 2.27. The molecule has 1 atom stereocenters. The fourth-order valence-electron chi connectivity index (χ4n) is 1.47. The highest BCUT2D eigenvalue weighted by Crippen LogP contribution is 2.07. The summed E-state index contributed by atoms with van der Waals surface area (Å²) < 4.78 is 23.6. The van der Waals surface area contributed by atoms with E-state index in [9.17, 15) is 13.2 Å². The zero-order chi connectivity index (χ0) is 14.6. The molecule has 0 aliphatic carbocycles. The third kappa shape index (κ3) is 5.06. The zero-order valence-corrected chi connectivity index (χ0v) is 11.2. The highest BCUT2D eigenvalue weighted by Gasteiger charge is 2.17. The van der Waals surface area contributed by atoms with Crippen molar-refractivity contribution in [3.8, 4) is 0 Å². The molecule has 7 nitrogen and oxygen atoms in total. The van der Waals surface area contributed by atoms with Crippen molar-refractivity contribution in [3.05, 3.63) is 35.4 Å². The van der Waals surface area contributed by atoms with Crippen LogP contribution >= 0.6 is 0 Å². The molecule has 8 heteroatoms. The Hall–Kier alpha value is -1.93. The van der Waals surface area contributed by atoms with Gasteiger partial charge in [0.15, 0.2) is 0 Å². The van der Waals surface area contributed by atoms with E-state index in [1.807, 2.05) is 4.72 Å². The highest BCUT2D eigenvalue weighted by molar-refractivity contribution is 7.89. The van der Waals surface area contributed by atoms with Crippen molar-refractivity contribution in [3.63, 3.8) is 0 Å². The van der Waals surface area contributed by atoms with Gasteiger partial charge in [-0.25, -0.2) is 8.42 Å². The second-order valence-corrected chi connectivity index (χ2v) is 5.91. The number of hydrogen-bond acceptors (Lipinski definition) is 5. The van der Waals surface area contributed by atoms with Crippen LogP contribution in [0.3, 0.4) is 0 Å². The predicted molar refractivity (Wildman–Crippen MR) is 72.1 cm³/mol. The molecule has 0 heterocycles. The SMILES string of the molecule is CS(=O)(=O)NC(=O)[C@@H](N)Cc1cccc(C(=N)N)c1. The Morgan fingerprint density at radius 3 is 2.63 bits per heavy atom. The summed E-state index contributed by atoms with van der Waals surface area (Å²) in [5.74, 6) is -0.855. The molecule has 0 bridgehead atoms. The minimum Gasteiger partial charge on any atom is -0.384 e. The number of benzene rings is 1. The van der Waals surface area contributed by atoms with Gasteiger partial charge in [-0.15, -0.1) is 0 Å². The van der Waals surface area contributed by atoms with E-state index in [0.29, 0.717) is 11.1 Å². The maximum absolute atomic E-state index is 11.5.